The van der Waals surface area contributed by atoms with E-state index < -0.39 is 12.0 Å². The molecule has 1 atom stereocenters. The minimum absolute atomic E-state index is 0.0331. The summed E-state index contributed by atoms with van der Waals surface area (Å²) in [6, 6.07) is 0. The summed E-state index contributed by atoms with van der Waals surface area (Å²) in [7, 11) is 0. The molecule has 6 nitrogen and oxygen atoms in total. The fraction of sp³-hybridized carbons (Fsp3) is 0.571. The highest BCUT2D eigenvalue weighted by Crippen LogP contribution is 2.25. The number of amides is 1. The maximum atomic E-state index is 12.3. The lowest BCUT2D eigenvalue weighted by atomic mass is 10.2. The normalized spacial score (nSPS) is 16.3. The van der Waals surface area contributed by atoms with Crippen molar-refractivity contribution in [3.05, 3.63) is 22.7 Å². The van der Waals surface area contributed by atoms with E-state index in [1.807, 2.05) is 32.9 Å². The number of thiazole rings is 1. The minimum Gasteiger partial charge on any atom is -0.351 e. The number of carbonyl (C=O) groups excluding carboxylic acids is 1. The van der Waals surface area contributed by atoms with Gasteiger partial charge in [-0.15, -0.1) is 0 Å². The van der Waals surface area contributed by atoms with E-state index in [1.165, 1.54) is 11.3 Å². The number of nitrogens with one attached hydrogen (secondary N) is 1. The molecule has 1 aromatic heterocycles. The summed E-state index contributed by atoms with van der Waals surface area (Å²) in [5, 5.41) is 13.0. The molecule has 0 radical (unpaired) electrons. The second-order valence-electron chi connectivity index (χ2n) is 5.84. The summed E-state index contributed by atoms with van der Waals surface area (Å²) in [6.45, 7) is 8.60. The van der Waals surface area contributed by atoms with Crippen LogP contribution in [0, 0.1) is 6.92 Å². The molecule has 0 fully saturated rings. The average Bonchev–Trinajstić information content (AvgIpc) is 2.95. The molecule has 1 aromatic rings. The number of aromatic nitrogens is 1. The fourth-order valence-corrected chi connectivity index (χ4v) is 2.86. The van der Waals surface area contributed by atoms with Crippen LogP contribution in [0.4, 0.5) is 5.13 Å². The van der Waals surface area contributed by atoms with E-state index in [-0.39, 0.29) is 5.91 Å². The zero-order chi connectivity index (χ0) is 15.6. The van der Waals surface area contributed by atoms with Crippen molar-refractivity contribution in [3.63, 3.8) is 0 Å². The molecule has 1 unspecified atom stereocenters. The van der Waals surface area contributed by atoms with Gasteiger partial charge in [-0.05, 0) is 27.7 Å². The predicted molar refractivity (Wildman–Crippen MR) is 82.4 cm³/mol. The van der Waals surface area contributed by atoms with Crippen LogP contribution in [0.1, 0.15) is 36.1 Å². The topological polar surface area (TPSA) is 74.7 Å². The number of ether oxygens (including phenoxy) is 1. The van der Waals surface area contributed by atoms with Crippen LogP contribution < -0.4 is 5.32 Å². The molecular weight excluding hydrogens is 290 g/mol. The number of aliphatic hydroxyl groups is 1. The first kappa shape index (κ1) is 15.9. The summed E-state index contributed by atoms with van der Waals surface area (Å²) in [6.07, 6.45) is 2.77. The molecule has 0 spiro atoms. The lowest BCUT2D eigenvalue weighted by Gasteiger charge is -2.23. The summed E-state index contributed by atoms with van der Waals surface area (Å²) < 4.78 is 5.36. The van der Waals surface area contributed by atoms with E-state index in [1.54, 1.807) is 11.8 Å². The molecule has 1 aliphatic rings. The number of aryl methyl sites for hydroxylation is 1. The Morgan fingerprint density at radius 3 is 2.67 bits per heavy atom. The first-order valence-electron chi connectivity index (χ1n) is 6.80. The molecule has 21 heavy (non-hydrogen) atoms. The molecule has 0 bridgehead atoms. The summed E-state index contributed by atoms with van der Waals surface area (Å²) >= 11 is 1.23. The smallest absolute Gasteiger partial charge is 0.266 e. The SMILES string of the molecule is Cc1nc(NC(O)OC(C)(C)C)sc1C(=O)N1CC=CC1. The molecule has 1 amide bonds. The van der Waals surface area contributed by atoms with Gasteiger partial charge < -0.3 is 20.1 Å². The maximum absolute atomic E-state index is 12.3. The van der Waals surface area contributed by atoms with Gasteiger partial charge in [-0.1, -0.05) is 23.5 Å². The standard InChI is InChI=1S/C14H21N3O3S/c1-9-10(11(18)17-7-5-6-8-17)21-12(15-9)16-13(19)20-14(2,3)4/h5-6,13,19H,7-8H2,1-4H3,(H,15,16). The molecule has 0 aliphatic carbocycles. The first-order valence-corrected chi connectivity index (χ1v) is 7.62. The quantitative estimate of drug-likeness (QED) is 0.657. The summed E-state index contributed by atoms with van der Waals surface area (Å²) in [5.41, 5.74) is 0.181. The summed E-state index contributed by atoms with van der Waals surface area (Å²) in [4.78, 5) is 18.9. The van der Waals surface area contributed by atoms with E-state index in [2.05, 4.69) is 10.3 Å². The number of hydrogen-bond acceptors (Lipinski definition) is 6. The van der Waals surface area contributed by atoms with E-state index in [0.717, 1.165) is 0 Å². The third-order valence-electron chi connectivity index (χ3n) is 2.81. The van der Waals surface area contributed by atoms with Gasteiger partial charge in [-0.3, -0.25) is 4.79 Å². The van der Waals surface area contributed by atoms with Gasteiger partial charge in [0.2, 0.25) is 6.41 Å². The van der Waals surface area contributed by atoms with Crippen molar-refractivity contribution >= 4 is 22.4 Å². The lowest BCUT2D eigenvalue weighted by molar-refractivity contribution is -0.148. The van der Waals surface area contributed by atoms with Gasteiger partial charge in [0.05, 0.1) is 11.3 Å². The molecule has 2 rings (SSSR count). The molecule has 0 aromatic carbocycles. The Morgan fingerprint density at radius 2 is 2.10 bits per heavy atom. The fourth-order valence-electron chi connectivity index (χ4n) is 1.91. The highest BCUT2D eigenvalue weighted by Gasteiger charge is 2.23. The van der Waals surface area contributed by atoms with Gasteiger partial charge in [-0.25, -0.2) is 4.98 Å². The Bertz CT molecular complexity index is 540. The molecule has 0 saturated carbocycles. The Morgan fingerprint density at radius 1 is 1.48 bits per heavy atom. The van der Waals surface area contributed by atoms with Crippen molar-refractivity contribution in [3.8, 4) is 0 Å². The van der Waals surface area contributed by atoms with Crippen LogP contribution in [0.25, 0.3) is 0 Å². The Kier molecular flexibility index (Phi) is 4.65. The van der Waals surface area contributed by atoms with Gasteiger partial charge in [0.25, 0.3) is 5.91 Å². The lowest BCUT2D eigenvalue weighted by Crippen LogP contribution is -2.32. The monoisotopic (exact) mass is 311 g/mol. The van der Waals surface area contributed by atoms with E-state index >= 15 is 0 Å². The van der Waals surface area contributed by atoms with E-state index in [9.17, 15) is 9.90 Å². The van der Waals surface area contributed by atoms with Crippen LogP contribution in [0.3, 0.4) is 0 Å². The number of nitrogens with zero attached hydrogens (tertiary/aromatic N) is 2. The van der Waals surface area contributed by atoms with Crippen LogP contribution in [-0.4, -0.2) is 46.0 Å². The van der Waals surface area contributed by atoms with E-state index in [4.69, 9.17) is 4.74 Å². The number of hydrogen-bond donors (Lipinski definition) is 2. The molecule has 2 heterocycles. The second-order valence-corrected chi connectivity index (χ2v) is 6.84. The van der Waals surface area contributed by atoms with Gasteiger partial charge >= 0.3 is 0 Å². The van der Waals surface area contributed by atoms with Crippen molar-refractivity contribution in [2.45, 2.75) is 39.7 Å². The van der Waals surface area contributed by atoms with Gasteiger partial charge in [0, 0.05) is 13.1 Å². The molecule has 0 saturated heterocycles. The van der Waals surface area contributed by atoms with Crippen molar-refractivity contribution < 1.29 is 14.6 Å². The summed E-state index contributed by atoms with van der Waals surface area (Å²) in [5.74, 6) is -0.0331. The maximum Gasteiger partial charge on any atom is 0.266 e. The van der Waals surface area contributed by atoms with Crippen LogP contribution in [0.2, 0.25) is 0 Å². The molecular formula is C14H21N3O3S. The number of rotatable bonds is 4. The second kappa shape index (κ2) is 6.13. The van der Waals surface area contributed by atoms with Crippen LogP contribution in [-0.2, 0) is 4.74 Å². The van der Waals surface area contributed by atoms with Crippen molar-refractivity contribution in [2.75, 3.05) is 18.4 Å². The van der Waals surface area contributed by atoms with E-state index in [0.29, 0.717) is 28.8 Å². The number of anilines is 1. The predicted octanol–water partition coefficient (Wildman–Crippen LogP) is 1.97. The third kappa shape index (κ3) is 4.26. The third-order valence-corrected chi connectivity index (χ3v) is 3.89. The van der Waals surface area contributed by atoms with Crippen molar-refractivity contribution in [2.24, 2.45) is 0 Å². The molecule has 1 aliphatic heterocycles. The highest BCUT2D eigenvalue weighted by atomic mass is 32.1. The molecule has 7 heteroatoms. The van der Waals surface area contributed by atoms with Gasteiger partial charge in [0.1, 0.15) is 4.88 Å². The van der Waals surface area contributed by atoms with Gasteiger partial charge in [-0.2, -0.15) is 0 Å². The van der Waals surface area contributed by atoms with Crippen molar-refractivity contribution in [1.82, 2.24) is 9.88 Å². The molecule has 116 valence electrons. The molecule has 2 N–H and O–H groups in total. The Balaban J connectivity index is 2.03. The van der Waals surface area contributed by atoms with Gasteiger partial charge in [0.15, 0.2) is 5.13 Å². The Labute approximate surface area is 128 Å². The average molecular weight is 311 g/mol. The highest BCUT2D eigenvalue weighted by molar-refractivity contribution is 7.17. The van der Waals surface area contributed by atoms with Crippen LogP contribution in [0.15, 0.2) is 12.2 Å². The number of aliphatic hydroxyl groups excluding tert-OH is 1. The zero-order valence-electron chi connectivity index (χ0n) is 12.7. The van der Waals surface area contributed by atoms with Crippen molar-refractivity contribution in [1.29, 1.82) is 0 Å². The minimum atomic E-state index is -1.16. The Hall–Kier alpha value is -1.44. The zero-order valence-corrected chi connectivity index (χ0v) is 13.5. The largest absolute Gasteiger partial charge is 0.351 e. The van der Waals surface area contributed by atoms with Crippen LogP contribution in [0.5, 0.6) is 0 Å². The van der Waals surface area contributed by atoms with Crippen LogP contribution >= 0.6 is 11.3 Å². The first-order chi connectivity index (χ1) is 9.76. The number of carbonyl (C=O) groups is 1.